The predicted molar refractivity (Wildman–Crippen MR) is 139 cm³/mol. The van der Waals surface area contributed by atoms with Gasteiger partial charge >= 0.3 is 0 Å². The molecule has 0 aliphatic heterocycles. The SMILES string of the molecule is CCc1ccc(-c2ccc(CCc3ccc(C#Cc4c(F)cc(C)cc4OC)cc3)cc2)cc1. The van der Waals surface area contributed by atoms with Gasteiger partial charge in [-0.25, -0.2) is 4.39 Å². The van der Waals surface area contributed by atoms with Gasteiger partial charge in [0.05, 0.1) is 7.11 Å². The van der Waals surface area contributed by atoms with Crippen LogP contribution in [0.25, 0.3) is 11.1 Å². The number of methoxy groups -OCH3 is 1. The third-order valence-corrected chi connectivity index (χ3v) is 6.06. The number of aryl methyl sites for hydroxylation is 4. The van der Waals surface area contributed by atoms with Gasteiger partial charge in [-0.2, -0.15) is 0 Å². The Hall–Kier alpha value is -3.83. The third kappa shape index (κ3) is 5.74. The molecule has 0 radical (unpaired) electrons. The van der Waals surface area contributed by atoms with Crippen molar-refractivity contribution in [2.75, 3.05) is 7.11 Å². The number of ether oxygens (including phenoxy) is 1. The summed E-state index contributed by atoms with van der Waals surface area (Å²) in [5.41, 5.74) is 8.39. The maximum absolute atomic E-state index is 14.3. The Morgan fingerprint density at radius 2 is 1.24 bits per heavy atom. The van der Waals surface area contributed by atoms with Crippen LogP contribution < -0.4 is 4.74 Å². The highest BCUT2D eigenvalue weighted by molar-refractivity contribution is 5.64. The predicted octanol–water partition coefficient (Wildman–Crippen LogP) is 7.56. The standard InChI is InChI=1S/C32H29FO/c1-4-24-11-16-28(17-12-24)29-18-13-27(14-19-29)10-7-25-5-8-26(9-6-25)15-20-30-31(33)21-23(2)22-32(30)34-3/h5-6,8-9,11-14,16-19,21-22H,4,7,10H2,1-3H3. The van der Waals surface area contributed by atoms with E-state index in [1.807, 2.05) is 19.1 Å². The van der Waals surface area contributed by atoms with Gasteiger partial charge in [0.1, 0.15) is 17.1 Å². The second-order valence-electron chi connectivity index (χ2n) is 8.52. The maximum Gasteiger partial charge on any atom is 0.142 e. The summed E-state index contributed by atoms with van der Waals surface area (Å²) in [5.74, 6) is 6.09. The van der Waals surface area contributed by atoms with Crippen LogP contribution in [0.4, 0.5) is 4.39 Å². The Morgan fingerprint density at radius 3 is 1.76 bits per heavy atom. The molecule has 1 nitrogen and oxygen atoms in total. The average Bonchev–Trinajstić information content (AvgIpc) is 2.87. The minimum Gasteiger partial charge on any atom is -0.495 e. The zero-order valence-electron chi connectivity index (χ0n) is 20.0. The van der Waals surface area contributed by atoms with E-state index in [1.54, 1.807) is 6.07 Å². The molecule has 0 aromatic heterocycles. The van der Waals surface area contributed by atoms with E-state index in [9.17, 15) is 4.39 Å². The first-order valence-electron chi connectivity index (χ1n) is 11.7. The Balaban J connectivity index is 1.38. The van der Waals surface area contributed by atoms with Gasteiger partial charge in [-0.15, -0.1) is 0 Å². The van der Waals surface area contributed by atoms with Crippen LogP contribution in [-0.4, -0.2) is 7.11 Å². The molecule has 0 unspecified atom stereocenters. The molecule has 4 aromatic rings. The highest BCUT2D eigenvalue weighted by Crippen LogP contribution is 2.23. The molecule has 34 heavy (non-hydrogen) atoms. The molecular weight excluding hydrogens is 419 g/mol. The van der Waals surface area contributed by atoms with E-state index in [0.717, 1.165) is 30.4 Å². The fourth-order valence-corrected chi connectivity index (χ4v) is 3.97. The molecule has 2 heteroatoms. The van der Waals surface area contributed by atoms with Gasteiger partial charge in [0.25, 0.3) is 0 Å². The zero-order chi connectivity index (χ0) is 23.9. The molecule has 0 amide bonds. The molecule has 0 bridgehead atoms. The number of hydrogen-bond donors (Lipinski definition) is 0. The third-order valence-electron chi connectivity index (χ3n) is 6.06. The number of benzene rings is 4. The monoisotopic (exact) mass is 448 g/mol. The summed E-state index contributed by atoms with van der Waals surface area (Å²) >= 11 is 0. The first-order chi connectivity index (χ1) is 16.6. The number of rotatable bonds is 6. The van der Waals surface area contributed by atoms with Crippen LogP contribution in [0.15, 0.2) is 84.9 Å². The fourth-order valence-electron chi connectivity index (χ4n) is 3.97. The lowest BCUT2D eigenvalue weighted by Crippen LogP contribution is -1.93. The van der Waals surface area contributed by atoms with Crippen LogP contribution in [0, 0.1) is 24.6 Å². The molecule has 0 aliphatic rings. The van der Waals surface area contributed by atoms with Crippen LogP contribution in [-0.2, 0) is 19.3 Å². The second-order valence-corrected chi connectivity index (χ2v) is 8.52. The summed E-state index contributed by atoms with van der Waals surface area (Å²) in [6, 6.07) is 29.1. The molecule has 4 aromatic carbocycles. The lowest BCUT2D eigenvalue weighted by molar-refractivity contribution is 0.409. The van der Waals surface area contributed by atoms with Gasteiger partial charge in [-0.05, 0) is 83.8 Å². The van der Waals surface area contributed by atoms with Gasteiger partial charge in [0, 0.05) is 5.56 Å². The van der Waals surface area contributed by atoms with Crippen molar-refractivity contribution >= 4 is 0 Å². The van der Waals surface area contributed by atoms with Gasteiger partial charge in [-0.3, -0.25) is 0 Å². The number of hydrogen-bond acceptors (Lipinski definition) is 1. The highest BCUT2D eigenvalue weighted by atomic mass is 19.1. The smallest absolute Gasteiger partial charge is 0.142 e. The minimum atomic E-state index is -0.357. The summed E-state index contributed by atoms with van der Waals surface area (Å²) in [6.07, 6.45) is 3.00. The van der Waals surface area contributed by atoms with Crippen molar-refractivity contribution in [3.63, 3.8) is 0 Å². The Bertz CT molecular complexity index is 1310. The van der Waals surface area contributed by atoms with E-state index < -0.39 is 0 Å². The molecule has 4 rings (SSSR count). The van der Waals surface area contributed by atoms with E-state index in [1.165, 1.54) is 41.0 Å². The molecule has 0 spiro atoms. The summed E-state index contributed by atoms with van der Waals surface area (Å²) in [5, 5.41) is 0. The van der Waals surface area contributed by atoms with Crippen molar-refractivity contribution in [1.82, 2.24) is 0 Å². The Morgan fingerprint density at radius 1 is 0.706 bits per heavy atom. The van der Waals surface area contributed by atoms with E-state index in [2.05, 4.69) is 79.4 Å². The maximum atomic E-state index is 14.3. The van der Waals surface area contributed by atoms with Gasteiger partial charge in [0.2, 0.25) is 0 Å². The van der Waals surface area contributed by atoms with Crippen molar-refractivity contribution in [3.8, 4) is 28.7 Å². The van der Waals surface area contributed by atoms with Crippen molar-refractivity contribution in [3.05, 3.63) is 124 Å². The molecule has 170 valence electrons. The van der Waals surface area contributed by atoms with Crippen LogP contribution in [0.5, 0.6) is 5.75 Å². The lowest BCUT2D eigenvalue weighted by Gasteiger charge is -2.06. The Labute approximate surface area is 202 Å². The molecule has 0 fully saturated rings. The molecular formula is C32H29FO. The van der Waals surface area contributed by atoms with Crippen LogP contribution in [0.1, 0.15) is 40.3 Å². The first kappa shape index (κ1) is 23.3. The van der Waals surface area contributed by atoms with Crippen molar-refractivity contribution in [1.29, 1.82) is 0 Å². The summed E-state index contributed by atoms with van der Waals surface area (Å²) < 4.78 is 19.6. The minimum absolute atomic E-state index is 0.293. The zero-order valence-corrected chi connectivity index (χ0v) is 20.0. The average molecular weight is 449 g/mol. The van der Waals surface area contributed by atoms with E-state index in [-0.39, 0.29) is 5.82 Å². The first-order valence-corrected chi connectivity index (χ1v) is 11.7. The largest absolute Gasteiger partial charge is 0.495 e. The Kier molecular flexibility index (Phi) is 7.45. The quantitative estimate of drug-likeness (QED) is 0.277. The van der Waals surface area contributed by atoms with E-state index in [0.29, 0.717) is 11.3 Å². The number of halogens is 1. The summed E-state index contributed by atoms with van der Waals surface area (Å²) in [7, 11) is 1.53. The lowest BCUT2D eigenvalue weighted by atomic mass is 9.99. The molecule has 0 aliphatic carbocycles. The highest BCUT2D eigenvalue weighted by Gasteiger charge is 2.08. The normalized spacial score (nSPS) is 10.5. The van der Waals surface area contributed by atoms with E-state index in [4.69, 9.17) is 4.74 Å². The molecule has 0 heterocycles. The summed E-state index contributed by atoms with van der Waals surface area (Å²) in [6.45, 7) is 4.01. The molecule has 0 saturated carbocycles. The van der Waals surface area contributed by atoms with Crippen molar-refractivity contribution in [2.45, 2.75) is 33.1 Å². The van der Waals surface area contributed by atoms with Crippen LogP contribution >= 0.6 is 0 Å². The van der Waals surface area contributed by atoms with Gasteiger partial charge in [0.15, 0.2) is 0 Å². The molecule has 0 atom stereocenters. The fraction of sp³-hybridized carbons (Fsp3) is 0.188. The second kappa shape index (κ2) is 10.9. The van der Waals surface area contributed by atoms with Gasteiger partial charge < -0.3 is 4.74 Å². The summed E-state index contributed by atoms with van der Waals surface area (Å²) in [4.78, 5) is 0. The molecule has 0 saturated heterocycles. The van der Waals surface area contributed by atoms with Crippen molar-refractivity contribution in [2.24, 2.45) is 0 Å². The van der Waals surface area contributed by atoms with Gasteiger partial charge in [-0.1, -0.05) is 79.4 Å². The molecule has 0 N–H and O–H groups in total. The van der Waals surface area contributed by atoms with Crippen LogP contribution in [0.2, 0.25) is 0 Å². The van der Waals surface area contributed by atoms with E-state index >= 15 is 0 Å². The van der Waals surface area contributed by atoms with Crippen molar-refractivity contribution < 1.29 is 9.13 Å². The van der Waals surface area contributed by atoms with Crippen LogP contribution in [0.3, 0.4) is 0 Å². The topological polar surface area (TPSA) is 9.23 Å².